The Morgan fingerprint density at radius 3 is 2.93 bits per heavy atom. The largest absolute Gasteiger partial charge is 0.469 e. The van der Waals surface area contributed by atoms with Gasteiger partial charge < -0.3 is 9.84 Å². The van der Waals surface area contributed by atoms with Crippen LogP contribution >= 0.6 is 0 Å². The van der Waals surface area contributed by atoms with E-state index in [1.807, 2.05) is 6.08 Å². The molecule has 5 atom stereocenters. The number of esters is 1. The second-order valence-corrected chi connectivity index (χ2v) is 4.63. The van der Waals surface area contributed by atoms with Gasteiger partial charge in [-0.15, -0.1) is 0 Å². The summed E-state index contributed by atoms with van der Waals surface area (Å²) in [5.41, 5.74) is -0.0428. The van der Waals surface area contributed by atoms with Crippen molar-refractivity contribution in [1.29, 1.82) is 0 Å². The Kier molecular flexibility index (Phi) is 1.45. The van der Waals surface area contributed by atoms with Crippen molar-refractivity contribution >= 4 is 5.97 Å². The number of allylic oxidation sites excluding steroid dienone is 1. The lowest BCUT2D eigenvalue weighted by molar-refractivity contribution is -0.176. The van der Waals surface area contributed by atoms with E-state index in [-0.39, 0.29) is 29.3 Å². The third-order valence-corrected chi connectivity index (χ3v) is 4.43. The first kappa shape index (κ1) is 8.48. The molecule has 76 valence electrons. The van der Waals surface area contributed by atoms with Gasteiger partial charge in [0.1, 0.15) is 0 Å². The summed E-state index contributed by atoms with van der Waals surface area (Å²) in [7, 11) is 1.44. The number of ether oxygens (including phenoxy) is 1. The average molecular weight is 194 g/mol. The summed E-state index contributed by atoms with van der Waals surface area (Å²) in [6.45, 7) is 0. The number of carbonyl (C=O) groups excluding carboxylic acids is 1. The Balaban J connectivity index is 1.90. The molecule has 0 amide bonds. The van der Waals surface area contributed by atoms with E-state index in [9.17, 15) is 9.90 Å². The summed E-state index contributed by atoms with van der Waals surface area (Å²) in [5, 5.41) is 9.87. The van der Waals surface area contributed by atoms with Crippen molar-refractivity contribution in [3.05, 3.63) is 12.2 Å². The zero-order chi connectivity index (χ0) is 9.92. The molecular formula is C11H14O3. The molecule has 2 fully saturated rings. The van der Waals surface area contributed by atoms with Crippen molar-refractivity contribution in [2.45, 2.75) is 18.9 Å². The SMILES string of the molecule is COC(=O)[C@H]1[C@H]2C=CC23[C@@H]1CC[C@@H]3O. The van der Waals surface area contributed by atoms with Gasteiger partial charge in [0, 0.05) is 11.3 Å². The van der Waals surface area contributed by atoms with Crippen LogP contribution in [0.15, 0.2) is 12.2 Å². The number of hydrogen-bond donors (Lipinski definition) is 1. The monoisotopic (exact) mass is 194 g/mol. The van der Waals surface area contributed by atoms with Gasteiger partial charge in [-0.2, -0.15) is 0 Å². The summed E-state index contributed by atoms with van der Waals surface area (Å²) in [6, 6.07) is 0. The van der Waals surface area contributed by atoms with Crippen LogP contribution < -0.4 is 0 Å². The minimum Gasteiger partial charge on any atom is -0.469 e. The van der Waals surface area contributed by atoms with Crippen molar-refractivity contribution in [2.75, 3.05) is 7.11 Å². The Bertz CT molecular complexity index is 322. The van der Waals surface area contributed by atoms with E-state index in [0.717, 1.165) is 12.8 Å². The highest BCUT2D eigenvalue weighted by Gasteiger charge is 2.71. The molecule has 0 aliphatic heterocycles. The number of aliphatic hydroxyl groups excluding tert-OH is 1. The van der Waals surface area contributed by atoms with Gasteiger partial charge >= 0.3 is 5.97 Å². The van der Waals surface area contributed by atoms with Gasteiger partial charge in [0.2, 0.25) is 0 Å². The predicted molar refractivity (Wildman–Crippen MR) is 49.3 cm³/mol. The minimum atomic E-state index is -0.233. The molecule has 0 heterocycles. The lowest BCUT2D eigenvalue weighted by atomic mass is 9.42. The summed E-state index contributed by atoms with van der Waals surface area (Å²) < 4.78 is 4.79. The molecule has 3 nitrogen and oxygen atoms in total. The van der Waals surface area contributed by atoms with Gasteiger partial charge in [0.25, 0.3) is 0 Å². The molecule has 1 spiro atoms. The molecule has 0 aromatic carbocycles. The number of aliphatic hydroxyl groups is 1. The number of methoxy groups -OCH3 is 1. The van der Waals surface area contributed by atoms with Gasteiger partial charge in [-0.1, -0.05) is 12.2 Å². The molecule has 3 aliphatic carbocycles. The van der Waals surface area contributed by atoms with E-state index in [2.05, 4.69) is 6.08 Å². The van der Waals surface area contributed by atoms with E-state index in [4.69, 9.17) is 4.74 Å². The van der Waals surface area contributed by atoms with Crippen LogP contribution in [0.3, 0.4) is 0 Å². The molecule has 3 rings (SSSR count). The van der Waals surface area contributed by atoms with Crippen LogP contribution in [-0.2, 0) is 9.53 Å². The van der Waals surface area contributed by atoms with Gasteiger partial charge in [0.05, 0.1) is 19.1 Å². The maximum absolute atomic E-state index is 11.5. The summed E-state index contributed by atoms with van der Waals surface area (Å²) in [6.07, 6.45) is 5.70. The van der Waals surface area contributed by atoms with E-state index in [0.29, 0.717) is 5.92 Å². The molecule has 1 N–H and O–H groups in total. The summed E-state index contributed by atoms with van der Waals surface area (Å²) in [5.74, 6) is 0.494. The number of hydrogen-bond acceptors (Lipinski definition) is 3. The van der Waals surface area contributed by atoms with Crippen LogP contribution in [0.25, 0.3) is 0 Å². The van der Waals surface area contributed by atoms with Crippen molar-refractivity contribution < 1.29 is 14.6 Å². The Labute approximate surface area is 82.8 Å². The van der Waals surface area contributed by atoms with Gasteiger partial charge in [0.15, 0.2) is 0 Å². The minimum absolute atomic E-state index is 0.0159. The van der Waals surface area contributed by atoms with Gasteiger partial charge in [-0.3, -0.25) is 4.79 Å². The highest BCUT2D eigenvalue weighted by atomic mass is 16.5. The predicted octanol–water partition coefficient (Wildman–Crippen LogP) is 0.732. The lowest BCUT2D eigenvalue weighted by Crippen LogP contribution is -2.63. The first-order valence-electron chi connectivity index (χ1n) is 5.17. The topological polar surface area (TPSA) is 46.5 Å². The molecule has 14 heavy (non-hydrogen) atoms. The van der Waals surface area contributed by atoms with Crippen LogP contribution in [0.1, 0.15) is 12.8 Å². The third-order valence-electron chi connectivity index (χ3n) is 4.43. The fourth-order valence-corrected chi connectivity index (χ4v) is 3.72. The summed E-state index contributed by atoms with van der Waals surface area (Å²) in [4.78, 5) is 11.5. The Morgan fingerprint density at radius 1 is 1.57 bits per heavy atom. The standard InChI is InChI=1S/C11H14O3/c1-14-10(13)9-6-2-3-8(12)11(6)5-4-7(9)11/h4-9,12H,2-3H2,1H3/t6-,7-,8+,9-,11?/m1/s1. The van der Waals surface area contributed by atoms with Crippen LogP contribution in [-0.4, -0.2) is 24.3 Å². The van der Waals surface area contributed by atoms with Crippen molar-refractivity contribution in [1.82, 2.24) is 0 Å². The molecule has 0 aromatic heterocycles. The second-order valence-electron chi connectivity index (χ2n) is 4.63. The van der Waals surface area contributed by atoms with Crippen LogP contribution in [0.5, 0.6) is 0 Å². The normalized spacial score (nSPS) is 52.7. The molecule has 1 unspecified atom stereocenters. The number of carbonyl (C=O) groups is 1. The van der Waals surface area contributed by atoms with Crippen LogP contribution in [0.4, 0.5) is 0 Å². The molecular weight excluding hydrogens is 180 g/mol. The fraction of sp³-hybridized carbons (Fsp3) is 0.727. The maximum atomic E-state index is 11.5. The molecule has 0 saturated heterocycles. The van der Waals surface area contributed by atoms with Gasteiger partial charge in [-0.05, 0) is 18.8 Å². The van der Waals surface area contributed by atoms with Crippen LogP contribution in [0, 0.1) is 23.2 Å². The molecule has 0 aromatic rings. The zero-order valence-electron chi connectivity index (χ0n) is 8.14. The lowest BCUT2D eigenvalue weighted by Gasteiger charge is -2.61. The van der Waals surface area contributed by atoms with E-state index < -0.39 is 0 Å². The number of rotatable bonds is 1. The summed E-state index contributed by atoms with van der Waals surface area (Å²) >= 11 is 0. The first-order valence-corrected chi connectivity index (χ1v) is 5.17. The fourth-order valence-electron chi connectivity index (χ4n) is 3.72. The smallest absolute Gasteiger partial charge is 0.309 e. The van der Waals surface area contributed by atoms with Crippen molar-refractivity contribution in [2.24, 2.45) is 23.2 Å². The molecule has 3 heteroatoms. The average Bonchev–Trinajstić information content (AvgIpc) is 2.48. The zero-order valence-corrected chi connectivity index (χ0v) is 8.14. The highest BCUT2D eigenvalue weighted by Crippen LogP contribution is 2.70. The Morgan fingerprint density at radius 2 is 2.36 bits per heavy atom. The van der Waals surface area contributed by atoms with E-state index in [1.54, 1.807) is 0 Å². The second kappa shape index (κ2) is 2.40. The third kappa shape index (κ3) is 0.650. The first-order chi connectivity index (χ1) is 6.71. The van der Waals surface area contributed by atoms with E-state index >= 15 is 0 Å². The Hall–Kier alpha value is -0.830. The van der Waals surface area contributed by atoms with Crippen molar-refractivity contribution in [3.63, 3.8) is 0 Å². The quantitative estimate of drug-likeness (QED) is 0.494. The molecule has 3 aliphatic rings. The van der Waals surface area contributed by atoms with Crippen molar-refractivity contribution in [3.8, 4) is 0 Å². The molecule has 0 radical (unpaired) electrons. The maximum Gasteiger partial charge on any atom is 0.309 e. The van der Waals surface area contributed by atoms with Gasteiger partial charge in [-0.25, -0.2) is 0 Å². The van der Waals surface area contributed by atoms with Crippen LogP contribution in [0.2, 0.25) is 0 Å². The molecule has 2 saturated carbocycles. The van der Waals surface area contributed by atoms with E-state index in [1.165, 1.54) is 7.11 Å². The highest BCUT2D eigenvalue weighted by molar-refractivity contribution is 5.77. The molecule has 0 bridgehead atoms.